The number of hydrogen-bond acceptors (Lipinski definition) is 5. The second-order valence-corrected chi connectivity index (χ2v) is 10.8. The van der Waals surface area contributed by atoms with Gasteiger partial charge in [0.25, 0.3) is 10.0 Å². The summed E-state index contributed by atoms with van der Waals surface area (Å²) in [6.45, 7) is 3.41. The first-order chi connectivity index (χ1) is 17.0. The third kappa shape index (κ3) is 6.81. The lowest BCUT2D eigenvalue weighted by Crippen LogP contribution is -2.34. The minimum absolute atomic E-state index is 0.00877. The van der Waals surface area contributed by atoms with Crippen molar-refractivity contribution in [3.63, 3.8) is 0 Å². The number of carbonyl (C=O) groups is 1. The van der Waals surface area contributed by atoms with Crippen molar-refractivity contribution in [2.24, 2.45) is 5.92 Å². The molecule has 0 aliphatic carbocycles. The first kappa shape index (κ1) is 27.6. The quantitative estimate of drug-likeness (QED) is 0.310. The summed E-state index contributed by atoms with van der Waals surface area (Å²) in [5, 5.41) is 8.70. The van der Waals surface area contributed by atoms with Gasteiger partial charge in [-0.1, -0.05) is 55.2 Å². The number of sulfonamides is 1. The molecule has 0 fully saturated rings. The van der Waals surface area contributed by atoms with E-state index >= 15 is 0 Å². The number of anilines is 1. The molecular formula is C25H24Cl2FNO6S. The second kappa shape index (κ2) is 11.8. The average Bonchev–Trinajstić information content (AvgIpc) is 2.80. The summed E-state index contributed by atoms with van der Waals surface area (Å²) in [5.41, 5.74) is 1.08. The summed E-state index contributed by atoms with van der Waals surface area (Å²) >= 11 is 12.4. The normalized spacial score (nSPS) is 11.4. The maximum Gasteiger partial charge on any atom is 0.341 e. The van der Waals surface area contributed by atoms with E-state index in [-0.39, 0.29) is 45.5 Å². The van der Waals surface area contributed by atoms with Crippen LogP contribution in [0.5, 0.6) is 11.5 Å². The van der Waals surface area contributed by atoms with E-state index in [9.17, 15) is 17.6 Å². The lowest BCUT2D eigenvalue weighted by atomic mass is 10.2. The Morgan fingerprint density at radius 3 is 2.22 bits per heavy atom. The number of benzene rings is 3. The van der Waals surface area contributed by atoms with Crippen molar-refractivity contribution in [1.82, 2.24) is 0 Å². The van der Waals surface area contributed by atoms with Crippen LogP contribution in [0.4, 0.5) is 10.1 Å². The monoisotopic (exact) mass is 555 g/mol. The van der Waals surface area contributed by atoms with Crippen LogP contribution in [0.15, 0.2) is 65.6 Å². The molecule has 0 bridgehead atoms. The highest BCUT2D eigenvalue weighted by Gasteiger charge is 2.30. The molecule has 192 valence electrons. The molecule has 0 unspecified atom stereocenters. The topological polar surface area (TPSA) is 93.1 Å². The van der Waals surface area contributed by atoms with Crippen molar-refractivity contribution in [3.8, 4) is 11.5 Å². The Morgan fingerprint density at radius 1 is 1.03 bits per heavy atom. The Labute approximate surface area is 219 Å². The van der Waals surface area contributed by atoms with E-state index in [0.29, 0.717) is 11.3 Å². The number of hydrogen-bond donors (Lipinski definition) is 1. The molecule has 0 aliphatic heterocycles. The van der Waals surface area contributed by atoms with Gasteiger partial charge in [-0.25, -0.2) is 17.6 Å². The van der Waals surface area contributed by atoms with Gasteiger partial charge in [0.15, 0.2) is 18.2 Å². The molecule has 11 heteroatoms. The zero-order valence-corrected chi connectivity index (χ0v) is 21.8. The summed E-state index contributed by atoms with van der Waals surface area (Å²) in [6.07, 6.45) is 0. The van der Waals surface area contributed by atoms with E-state index in [0.717, 1.165) is 6.07 Å². The van der Waals surface area contributed by atoms with Crippen molar-refractivity contribution < 1.29 is 32.2 Å². The molecule has 0 saturated carbocycles. The summed E-state index contributed by atoms with van der Waals surface area (Å²) < 4.78 is 53.0. The van der Waals surface area contributed by atoms with Crippen molar-refractivity contribution in [1.29, 1.82) is 0 Å². The van der Waals surface area contributed by atoms with E-state index in [1.807, 2.05) is 13.8 Å². The number of nitrogens with zero attached hydrogens (tertiary/aromatic N) is 1. The number of aliphatic carboxylic acids is 1. The molecule has 0 heterocycles. The van der Waals surface area contributed by atoms with E-state index in [2.05, 4.69) is 0 Å². The Kier molecular flexibility index (Phi) is 9.05. The molecule has 3 aromatic rings. The van der Waals surface area contributed by atoms with Gasteiger partial charge in [-0.05, 0) is 47.9 Å². The van der Waals surface area contributed by atoms with Crippen LogP contribution in [0.2, 0.25) is 10.0 Å². The largest absolute Gasteiger partial charge is 0.486 e. The lowest BCUT2D eigenvalue weighted by Gasteiger charge is -2.27. The van der Waals surface area contributed by atoms with E-state index in [4.69, 9.17) is 37.8 Å². The number of ether oxygens (including phenoxy) is 2. The molecule has 36 heavy (non-hydrogen) atoms. The van der Waals surface area contributed by atoms with Crippen LogP contribution < -0.4 is 13.8 Å². The van der Waals surface area contributed by atoms with Gasteiger partial charge in [0.1, 0.15) is 17.3 Å². The zero-order valence-electron chi connectivity index (χ0n) is 19.4. The predicted octanol–water partition coefficient (Wildman–Crippen LogP) is 6.03. The molecule has 0 amide bonds. The molecule has 3 aromatic carbocycles. The van der Waals surface area contributed by atoms with E-state index in [1.54, 1.807) is 30.3 Å². The van der Waals surface area contributed by atoms with Crippen LogP contribution in [0.25, 0.3) is 0 Å². The van der Waals surface area contributed by atoms with Crippen molar-refractivity contribution >= 4 is 44.9 Å². The maximum absolute atomic E-state index is 14.3. The highest BCUT2D eigenvalue weighted by Crippen LogP contribution is 2.34. The standard InChI is InChI=1S/C25H24Cl2FNO6S/c1-16(2)13-29(36(32,33)25-20(26)4-3-5-21(25)27)18-8-6-17(7-9-18)14-35-23-11-10-19(12-22(23)28)34-15-24(30)31/h3-12,16H,13-15H2,1-2H3,(H,30,31). The fraction of sp³-hybridized carbons (Fsp3) is 0.240. The molecule has 3 rings (SSSR count). The summed E-state index contributed by atoms with van der Waals surface area (Å²) in [6, 6.07) is 14.9. The highest BCUT2D eigenvalue weighted by atomic mass is 35.5. The molecule has 0 atom stereocenters. The summed E-state index contributed by atoms with van der Waals surface area (Å²) in [7, 11) is -4.06. The molecule has 0 aliphatic rings. The lowest BCUT2D eigenvalue weighted by molar-refractivity contribution is -0.139. The van der Waals surface area contributed by atoms with Gasteiger partial charge >= 0.3 is 5.97 Å². The van der Waals surface area contributed by atoms with E-state index < -0.39 is 28.4 Å². The van der Waals surface area contributed by atoms with Gasteiger partial charge in [-0.3, -0.25) is 4.31 Å². The van der Waals surface area contributed by atoms with Crippen LogP contribution in [0.3, 0.4) is 0 Å². The third-order valence-electron chi connectivity index (χ3n) is 4.88. The first-order valence-electron chi connectivity index (χ1n) is 10.8. The van der Waals surface area contributed by atoms with Crippen LogP contribution in [0.1, 0.15) is 19.4 Å². The third-order valence-corrected chi connectivity index (χ3v) is 7.63. The van der Waals surface area contributed by atoms with Gasteiger partial charge in [0.2, 0.25) is 0 Å². The molecule has 0 radical (unpaired) electrons. The van der Waals surface area contributed by atoms with Gasteiger partial charge in [0.05, 0.1) is 15.7 Å². The van der Waals surface area contributed by atoms with Gasteiger partial charge in [-0.15, -0.1) is 0 Å². The summed E-state index contributed by atoms with van der Waals surface area (Å²) in [5.74, 6) is -1.85. The Bertz CT molecular complexity index is 1310. The molecule has 7 nitrogen and oxygen atoms in total. The average molecular weight is 556 g/mol. The second-order valence-electron chi connectivity index (χ2n) is 8.21. The Balaban J connectivity index is 1.78. The van der Waals surface area contributed by atoms with Crippen molar-refractivity contribution in [2.45, 2.75) is 25.3 Å². The summed E-state index contributed by atoms with van der Waals surface area (Å²) in [4.78, 5) is 10.4. The Hall–Kier alpha value is -3.01. The molecular weight excluding hydrogens is 532 g/mol. The predicted molar refractivity (Wildman–Crippen MR) is 136 cm³/mol. The fourth-order valence-corrected chi connectivity index (χ4v) is 5.99. The number of carboxylic acids is 1. The van der Waals surface area contributed by atoms with Crippen LogP contribution >= 0.6 is 23.2 Å². The first-order valence-corrected chi connectivity index (χ1v) is 13.0. The molecule has 0 aromatic heterocycles. The number of rotatable bonds is 11. The fourth-order valence-electron chi connectivity index (χ4n) is 3.27. The maximum atomic E-state index is 14.3. The minimum Gasteiger partial charge on any atom is -0.486 e. The molecule has 0 spiro atoms. The van der Waals surface area contributed by atoms with Crippen LogP contribution in [-0.2, 0) is 21.4 Å². The molecule has 1 N–H and O–H groups in total. The van der Waals surface area contributed by atoms with Gasteiger partial charge in [0, 0.05) is 12.6 Å². The minimum atomic E-state index is -4.06. The zero-order chi connectivity index (χ0) is 26.5. The van der Waals surface area contributed by atoms with Crippen molar-refractivity contribution in [2.75, 3.05) is 17.5 Å². The molecule has 0 saturated heterocycles. The van der Waals surface area contributed by atoms with Gasteiger partial charge in [-0.2, -0.15) is 0 Å². The van der Waals surface area contributed by atoms with E-state index in [1.165, 1.54) is 28.6 Å². The number of halogens is 3. The van der Waals surface area contributed by atoms with Gasteiger partial charge < -0.3 is 14.6 Å². The number of carboxylic acid groups (broad SMARTS) is 1. The van der Waals surface area contributed by atoms with Crippen LogP contribution in [-0.4, -0.2) is 32.6 Å². The van der Waals surface area contributed by atoms with Crippen molar-refractivity contribution in [3.05, 3.63) is 82.1 Å². The SMILES string of the molecule is CC(C)CN(c1ccc(COc2ccc(OCC(=O)O)cc2F)cc1)S(=O)(=O)c1c(Cl)cccc1Cl. The van der Waals surface area contributed by atoms with Crippen LogP contribution in [0, 0.1) is 11.7 Å². The Morgan fingerprint density at radius 2 is 1.67 bits per heavy atom. The highest BCUT2D eigenvalue weighted by molar-refractivity contribution is 7.93. The smallest absolute Gasteiger partial charge is 0.341 e.